The summed E-state index contributed by atoms with van der Waals surface area (Å²) in [6.07, 6.45) is 0. The second-order valence-corrected chi connectivity index (χ2v) is 7.90. The van der Waals surface area contributed by atoms with E-state index < -0.39 is 0 Å². The lowest BCUT2D eigenvalue weighted by molar-refractivity contribution is 0.0953. The highest BCUT2D eigenvalue weighted by Crippen LogP contribution is 2.39. The third-order valence-corrected chi connectivity index (χ3v) is 6.26. The fraction of sp³-hybridized carbons (Fsp3) is 0.316. The molecule has 0 spiro atoms. The largest absolute Gasteiger partial charge is 0.378 e. The Labute approximate surface area is 172 Å². The first-order chi connectivity index (χ1) is 13.6. The van der Waals surface area contributed by atoms with Gasteiger partial charge in [0.25, 0.3) is 5.91 Å². The Morgan fingerprint density at radius 3 is 2.75 bits per heavy atom. The maximum atomic E-state index is 12.8. The van der Waals surface area contributed by atoms with Crippen LogP contribution in [0.3, 0.4) is 0 Å². The molecular weight excluding hydrogens is 394 g/mol. The van der Waals surface area contributed by atoms with Gasteiger partial charge >= 0.3 is 0 Å². The van der Waals surface area contributed by atoms with E-state index >= 15 is 0 Å². The van der Waals surface area contributed by atoms with Gasteiger partial charge in [-0.2, -0.15) is 5.10 Å². The molecule has 2 N–H and O–H groups in total. The second-order valence-electron chi connectivity index (χ2n) is 6.48. The number of carbonyl (C=O) groups excluding carboxylic acids is 1. The Balaban J connectivity index is 1.60. The molecule has 9 heteroatoms. The summed E-state index contributed by atoms with van der Waals surface area (Å²) < 4.78 is 7.76. The predicted molar refractivity (Wildman–Crippen MR) is 112 cm³/mol. The molecule has 3 heterocycles. The van der Waals surface area contributed by atoms with Crippen molar-refractivity contribution in [3.63, 3.8) is 0 Å². The first-order valence-electron chi connectivity index (χ1n) is 9.04. The van der Waals surface area contributed by atoms with Gasteiger partial charge < -0.3 is 19.5 Å². The number of anilines is 1. The summed E-state index contributed by atoms with van der Waals surface area (Å²) in [4.78, 5) is 15.8. The van der Waals surface area contributed by atoms with Crippen LogP contribution in [-0.2, 0) is 18.3 Å². The number of aromatic amines is 1. The van der Waals surface area contributed by atoms with Crippen LogP contribution in [0.15, 0.2) is 36.4 Å². The van der Waals surface area contributed by atoms with Crippen molar-refractivity contribution >= 4 is 34.5 Å². The number of amides is 1. The van der Waals surface area contributed by atoms with Crippen LogP contribution >= 0.6 is 23.6 Å². The molecule has 1 aliphatic heterocycles. The summed E-state index contributed by atoms with van der Waals surface area (Å²) in [7, 11) is 1.82. The van der Waals surface area contributed by atoms with E-state index in [4.69, 9.17) is 17.0 Å². The van der Waals surface area contributed by atoms with Gasteiger partial charge in [0.05, 0.1) is 29.6 Å². The van der Waals surface area contributed by atoms with Gasteiger partial charge in [0.2, 0.25) is 0 Å². The average Bonchev–Trinajstić information content (AvgIpc) is 3.32. The summed E-state index contributed by atoms with van der Waals surface area (Å²) in [5.74, 6) is 0.571. The van der Waals surface area contributed by atoms with Crippen LogP contribution in [0.25, 0.3) is 11.1 Å². The monoisotopic (exact) mass is 415 g/mol. The van der Waals surface area contributed by atoms with E-state index in [0.717, 1.165) is 29.2 Å². The molecule has 0 radical (unpaired) electrons. The van der Waals surface area contributed by atoms with E-state index in [9.17, 15) is 4.79 Å². The van der Waals surface area contributed by atoms with Gasteiger partial charge in [-0.05, 0) is 23.8 Å². The minimum Gasteiger partial charge on any atom is -0.378 e. The van der Waals surface area contributed by atoms with Crippen LogP contribution in [0.2, 0.25) is 0 Å². The minimum atomic E-state index is -0.115. The van der Waals surface area contributed by atoms with Gasteiger partial charge in [0.1, 0.15) is 0 Å². The molecule has 0 atom stereocenters. The number of nitrogens with one attached hydrogen (secondary N) is 2. The van der Waals surface area contributed by atoms with Crippen LogP contribution < -0.4 is 10.2 Å². The van der Waals surface area contributed by atoms with Gasteiger partial charge in [-0.1, -0.05) is 30.3 Å². The molecule has 146 valence electrons. The molecule has 1 saturated heterocycles. The van der Waals surface area contributed by atoms with Gasteiger partial charge in [-0.25, -0.2) is 0 Å². The van der Waals surface area contributed by atoms with Crippen molar-refractivity contribution in [1.29, 1.82) is 0 Å². The highest BCUT2D eigenvalue weighted by molar-refractivity contribution is 7.71. The number of benzene rings is 1. The molecule has 1 amide bonds. The van der Waals surface area contributed by atoms with Gasteiger partial charge in [0.15, 0.2) is 10.6 Å². The quantitative estimate of drug-likeness (QED) is 0.627. The highest BCUT2D eigenvalue weighted by Gasteiger charge is 2.22. The number of rotatable bonds is 5. The van der Waals surface area contributed by atoms with Crippen LogP contribution in [0.4, 0.5) is 5.00 Å². The average molecular weight is 416 g/mol. The Morgan fingerprint density at radius 2 is 2.07 bits per heavy atom. The van der Waals surface area contributed by atoms with Gasteiger partial charge in [-0.15, -0.1) is 11.3 Å². The molecule has 0 aliphatic carbocycles. The van der Waals surface area contributed by atoms with E-state index in [1.807, 2.05) is 31.3 Å². The number of morpholine rings is 1. The van der Waals surface area contributed by atoms with Gasteiger partial charge in [0, 0.05) is 25.7 Å². The number of H-pyrrole nitrogens is 1. The van der Waals surface area contributed by atoms with Crippen LogP contribution in [-0.4, -0.2) is 47.0 Å². The van der Waals surface area contributed by atoms with Gasteiger partial charge in [-0.3, -0.25) is 9.89 Å². The zero-order valence-electron chi connectivity index (χ0n) is 15.5. The van der Waals surface area contributed by atoms with E-state index in [2.05, 4.69) is 32.5 Å². The molecule has 0 unspecified atom stereocenters. The molecule has 4 rings (SSSR count). The van der Waals surface area contributed by atoms with Crippen molar-refractivity contribution in [3.8, 4) is 11.1 Å². The van der Waals surface area contributed by atoms with E-state index in [1.54, 1.807) is 4.57 Å². The van der Waals surface area contributed by atoms with Crippen molar-refractivity contribution in [2.45, 2.75) is 6.54 Å². The third-order valence-electron chi connectivity index (χ3n) is 4.70. The molecule has 7 nitrogen and oxygen atoms in total. The summed E-state index contributed by atoms with van der Waals surface area (Å²) in [6, 6.07) is 12.1. The fourth-order valence-corrected chi connectivity index (χ4v) is 4.40. The fourth-order valence-electron chi connectivity index (χ4n) is 3.10. The smallest absolute Gasteiger partial charge is 0.261 e. The summed E-state index contributed by atoms with van der Waals surface area (Å²) in [5, 5.41) is 10.9. The lowest BCUT2D eigenvalue weighted by Gasteiger charge is -2.28. The first kappa shape index (κ1) is 18.9. The zero-order chi connectivity index (χ0) is 19.5. The van der Waals surface area contributed by atoms with Crippen molar-refractivity contribution in [2.24, 2.45) is 7.05 Å². The van der Waals surface area contributed by atoms with Crippen LogP contribution in [0.5, 0.6) is 0 Å². The maximum absolute atomic E-state index is 12.8. The molecule has 0 bridgehead atoms. The predicted octanol–water partition coefficient (Wildman–Crippen LogP) is 2.97. The molecule has 1 aliphatic rings. The molecule has 0 saturated carbocycles. The number of aromatic nitrogens is 3. The van der Waals surface area contributed by atoms with E-state index in [1.165, 1.54) is 11.3 Å². The molecule has 2 aromatic heterocycles. The standard InChI is InChI=1S/C19H21N5O2S2/c1-23-16(21-22-19(23)27)12-20-17(25)15-11-14(13-5-3-2-4-6-13)18(28-15)24-7-9-26-10-8-24/h2-6,11H,7-10,12H2,1H3,(H,20,25)(H,22,27). The van der Waals surface area contributed by atoms with Crippen LogP contribution in [0.1, 0.15) is 15.5 Å². The summed E-state index contributed by atoms with van der Waals surface area (Å²) >= 11 is 6.63. The topological polar surface area (TPSA) is 75.2 Å². The van der Waals surface area contributed by atoms with Crippen molar-refractivity contribution in [1.82, 2.24) is 20.1 Å². The van der Waals surface area contributed by atoms with E-state index in [0.29, 0.717) is 35.2 Å². The van der Waals surface area contributed by atoms with E-state index in [-0.39, 0.29) is 5.91 Å². The lowest BCUT2D eigenvalue weighted by atomic mass is 10.1. The number of ether oxygens (including phenoxy) is 1. The number of hydrogen-bond donors (Lipinski definition) is 2. The van der Waals surface area contributed by atoms with Crippen molar-refractivity contribution in [3.05, 3.63) is 51.9 Å². The van der Waals surface area contributed by atoms with Crippen molar-refractivity contribution < 1.29 is 9.53 Å². The molecule has 1 fully saturated rings. The summed E-state index contributed by atoms with van der Waals surface area (Å²) in [5.41, 5.74) is 2.18. The molecule has 1 aromatic carbocycles. The normalized spacial score (nSPS) is 14.2. The number of hydrogen-bond acceptors (Lipinski definition) is 6. The molecule has 3 aromatic rings. The number of thiophene rings is 1. The second kappa shape index (κ2) is 8.26. The lowest BCUT2D eigenvalue weighted by Crippen LogP contribution is -2.35. The molecular formula is C19H21N5O2S2. The Morgan fingerprint density at radius 1 is 1.32 bits per heavy atom. The summed E-state index contributed by atoms with van der Waals surface area (Å²) in [6.45, 7) is 3.37. The Bertz CT molecular complexity index is 1020. The highest BCUT2D eigenvalue weighted by atomic mass is 32.1. The third kappa shape index (κ3) is 3.87. The molecule has 28 heavy (non-hydrogen) atoms. The van der Waals surface area contributed by atoms with Crippen molar-refractivity contribution in [2.75, 3.05) is 31.2 Å². The number of carbonyl (C=O) groups is 1. The first-order valence-corrected chi connectivity index (χ1v) is 10.3. The maximum Gasteiger partial charge on any atom is 0.261 e. The minimum absolute atomic E-state index is 0.115. The Kier molecular flexibility index (Phi) is 5.56. The van der Waals surface area contributed by atoms with Crippen LogP contribution in [0, 0.1) is 4.77 Å². The number of nitrogens with zero attached hydrogens (tertiary/aromatic N) is 3. The zero-order valence-corrected chi connectivity index (χ0v) is 17.1. The Hall–Kier alpha value is -2.49. The SMILES string of the molecule is Cn1c(CNC(=O)c2cc(-c3ccccc3)c(N3CCOCC3)s2)n[nH]c1=S.